The van der Waals surface area contributed by atoms with Crippen LogP contribution in [0.15, 0.2) is 48.5 Å². The minimum Gasteiger partial charge on any atom is -0.497 e. The lowest BCUT2D eigenvalue weighted by atomic mass is 10.2. The summed E-state index contributed by atoms with van der Waals surface area (Å²) in [5.41, 5.74) is 2.21. The Labute approximate surface area is 145 Å². The van der Waals surface area contributed by atoms with E-state index >= 15 is 0 Å². The Balaban J connectivity index is 2.05. The molecule has 128 valence electrons. The van der Waals surface area contributed by atoms with Crippen molar-refractivity contribution >= 4 is 28.5 Å². The van der Waals surface area contributed by atoms with Crippen molar-refractivity contribution in [3.8, 4) is 5.75 Å². The molecule has 6 heteroatoms. The molecule has 0 saturated heterocycles. The molecule has 3 aromatic rings. The summed E-state index contributed by atoms with van der Waals surface area (Å²) in [7, 11) is 1.60. The van der Waals surface area contributed by atoms with Crippen molar-refractivity contribution in [1.29, 1.82) is 0 Å². The van der Waals surface area contributed by atoms with E-state index in [1.807, 2.05) is 48.5 Å². The fraction of sp³-hybridized carbons (Fsp3) is 0.211. The minimum atomic E-state index is -0.515. The molecule has 0 aliphatic carbocycles. The second-order valence-electron chi connectivity index (χ2n) is 5.72. The number of carbonyl (C=O) groups excluding carboxylic acids is 1. The lowest BCUT2D eigenvalue weighted by Gasteiger charge is -2.13. The van der Waals surface area contributed by atoms with Crippen LogP contribution in [0.3, 0.4) is 0 Å². The third kappa shape index (κ3) is 3.85. The number of rotatable bonds is 5. The quantitative estimate of drug-likeness (QED) is 0.711. The van der Waals surface area contributed by atoms with Gasteiger partial charge in [-0.15, -0.1) is 0 Å². The summed E-state index contributed by atoms with van der Waals surface area (Å²) in [4.78, 5) is 21.4. The van der Waals surface area contributed by atoms with Crippen molar-refractivity contribution in [2.75, 3.05) is 12.4 Å². The number of anilines is 2. The number of carbonyl (C=O) groups is 1. The summed E-state index contributed by atoms with van der Waals surface area (Å²) in [5.74, 6) is 0.529. The van der Waals surface area contributed by atoms with E-state index in [4.69, 9.17) is 9.47 Å². The van der Waals surface area contributed by atoms with E-state index in [-0.39, 0.29) is 11.8 Å². The predicted octanol–water partition coefficient (Wildman–Crippen LogP) is 3.95. The zero-order valence-corrected chi connectivity index (χ0v) is 14.3. The van der Waals surface area contributed by atoms with Gasteiger partial charge in [0.05, 0.1) is 24.2 Å². The van der Waals surface area contributed by atoms with Gasteiger partial charge >= 0.3 is 5.97 Å². The molecule has 1 aromatic heterocycles. The summed E-state index contributed by atoms with van der Waals surface area (Å²) in [5, 5.41) is 3.14. The maximum absolute atomic E-state index is 12.4. The Kier molecular flexibility index (Phi) is 4.79. The number of hydrogen-bond donors (Lipinski definition) is 1. The molecule has 0 radical (unpaired) electrons. The van der Waals surface area contributed by atoms with Gasteiger partial charge in [-0.25, -0.2) is 14.8 Å². The number of esters is 1. The van der Waals surface area contributed by atoms with Crippen molar-refractivity contribution in [2.24, 2.45) is 0 Å². The molecule has 3 rings (SSSR count). The van der Waals surface area contributed by atoms with Crippen LogP contribution in [0, 0.1) is 0 Å². The Morgan fingerprint density at radius 3 is 2.44 bits per heavy atom. The van der Waals surface area contributed by atoms with Crippen LogP contribution in [0.2, 0.25) is 0 Å². The lowest BCUT2D eigenvalue weighted by Crippen LogP contribution is -2.16. The largest absolute Gasteiger partial charge is 0.497 e. The summed E-state index contributed by atoms with van der Waals surface area (Å²) in [6.45, 7) is 3.59. The van der Waals surface area contributed by atoms with E-state index in [0.717, 1.165) is 5.69 Å². The predicted molar refractivity (Wildman–Crippen MR) is 96.4 cm³/mol. The third-order valence-electron chi connectivity index (χ3n) is 3.44. The number of aromatic nitrogens is 2. The van der Waals surface area contributed by atoms with Crippen LogP contribution in [0.5, 0.6) is 5.75 Å². The van der Waals surface area contributed by atoms with Gasteiger partial charge in [0.2, 0.25) is 0 Å². The van der Waals surface area contributed by atoms with Crippen molar-refractivity contribution in [2.45, 2.75) is 20.0 Å². The molecule has 0 bridgehead atoms. The minimum absolute atomic E-state index is 0.148. The number of fused-ring (bicyclic) bond motifs is 1. The van der Waals surface area contributed by atoms with Crippen LogP contribution in [0.25, 0.3) is 11.0 Å². The summed E-state index contributed by atoms with van der Waals surface area (Å²) < 4.78 is 10.5. The van der Waals surface area contributed by atoms with E-state index in [2.05, 4.69) is 15.3 Å². The first kappa shape index (κ1) is 16.7. The SMILES string of the molecule is COc1cccc(Nc2nc3ccccc3nc2C(=O)OC(C)C)c1. The molecule has 0 aliphatic rings. The molecule has 0 unspecified atom stereocenters. The van der Waals surface area contributed by atoms with Crippen molar-refractivity contribution < 1.29 is 14.3 Å². The Morgan fingerprint density at radius 2 is 1.76 bits per heavy atom. The first-order valence-corrected chi connectivity index (χ1v) is 7.95. The van der Waals surface area contributed by atoms with Crippen LogP contribution in [0.4, 0.5) is 11.5 Å². The third-order valence-corrected chi connectivity index (χ3v) is 3.44. The molecule has 0 fully saturated rings. The Bertz CT molecular complexity index is 909. The van der Waals surface area contributed by atoms with E-state index in [1.54, 1.807) is 21.0 Å². The first-order valence-electron chi connectivity index (χ1n) is 7.95. The van der Waals surface area contributed by atoms with Gasteiger partial charge < -0.3 is 14.8 Å². The zero-order valence-electron chi connectivity index (χ0n) is 14.3. The highest BCUT2D eigenvalue weighted by Crippen LogP contribution is 2.24. The number of nitrogens with zero attached hydrogens (tertiary/aromatic N) is 2. The van der Waals surface area contributed by atoms with Crippen LogP contribution in [-0.2, 0) is 4.74 Å². The molecule has 6 nitrogen and oxygen atoms in total. The van der Waals surface area contributed by atoms with Crippen molar-refractivity contribution in [3.63, 3.8) is 0 Å². The highest BCUT2D eigenvalue weighted by atomic mass is 16.5. The second-order valence-corrected chi connectivity index (χ2v) is 5.72. The van der Waals surface area contributed by atoms with E-state index in [1.165, 1.54) is 0 Å². The van der Waals surface area contributed by atoms with Gasteiger partial charge in [-0.3, -0.25) is 0 Å². The average molecular weight is 337 g/mol. The molecule has 0 aliphatic heterocycles. The molecular weight excluding hydrogens is 318 g/mol. The van der Waals surface area contributed by atoms with Gasteiger partial charge in [0.15, 0.2) is 11.5 Å². The van der Waals surface area contributed by atoms with E-state index in [9.17, 15) is 4.79 Å². The van der Waals surface area contributed by atoms with Gasteiger partial charge in [-0.2, -0.15) is 0 Å². The van der Waals surface area contributed by atoms with Gasteiger partial charge in [0.1, 0.15) is 5.75 Å². The molecule has 25 heavy (non-hydrogen) atoms. The fourth-order valence-electron chi connectivity index (χ4n) is 2.34. The normalized spacial score (nSPS) is 10.7. The molecule has 0 amide bonds. The molecule has 1 heterocycles. The van der Waals surface area contributed by atoms with E-state index in [0.29, 0.717) is 22.6 Å². The molecule has 1 N–H and O–H groups in total. The number of para-hydroxylation sites is 2. The van der Waals surface area contributed by atoms with Gasteiger partial charge in [0, 0.05) is 11.8 Å². The molecule has 0 saturated carbocycles. The molecule has 2 aromatic carbocycles. The number of methoxy groups -OCH3 is 1. The maximum atomic E-state index is 12.4. The summed E-state index contributed by atoms with van der Waals surface area (Å²) in [6, 6.07) is 14.7. The number of hydrogen-bond acceptors (Lipinski definition) is 6. The lowest BCUT2D eigenvalue weighted by molar-refractivity contribution is 0.0372. The summed E-state index contributed by atoms with van der Waals surface area (Å²) >= 11 is 0. The smallest absolute Gasteiger partial charge is 0.361 e. The van der Waals surface area contributed by atoms with Gasteiger partial charge in [-0.1, -0.05) is 18.2 Å². The first-order chi connectivity index (χ1) is 12.1. The van der Waals surface area contributed by atoms with Crippen LogP contribution in [-0.4, -0.2) is 29.2 Å². The molecule has 0 atom stereocenters. The molecular formula is C19H19N3O3. The Hall–Kier alpha value is -3.15. The topological polar surface area (TPSA) is 73.3 Å². The van der Waals surface area contributed by atoms with Gasteiger partial charge in [-0.05, 0) is 38.1 Å². The van der Waals surface area contributed by atoms with Crippen molar-refractivity contribution in [1.82, 2.24) is 9.97 Å². The number of ether oxygens (including phenoxy) is 2. The van der Waals surface area contributed by atoms with Gasteiger partial charge in [0.25, 0.3) is 0 Å². The second kappa shape index (κ2) is 7.17. The van der Waals surface area contributed by atoms with Crippen LogP contribution < -0.4 is 10.1 Å². The zero-order chi connectivity index (χ0) is 17.8. The van der Waals surface area contributed by atoms with Crippen LogP contribution in [0.1, 0.15) is 24.3 Å². The highest BCUT2D eigenvalue weighted by Gasteiger charge is 2.19. The van der Waals surface area contributed by atoms with Crippen molar-refractivity contribution in [3.05, 3.63) is 54.2 Å². The van der Waals surface area contributed by atoms with E-state index < -0.39 is 5.97 Å². The fourth-order valence-corrected chi connectivity index (χ4v) is 2.34. The summed E-state index contributed by atoms with van der Waals surface area (Å²) in [6.07, 6.45) is -0.245. The average Bonchev–Trinajstić information content (AvgIpc) is 2.60. The number of benzene rings is 2. The highest BCUT2D eigenvalue weighted by molar-refractivity contribution is 5.96. The standard InChI is InChI=1S/C19H19N3O3/c1-12(2)25-19(23)17-18(20-13-7-6-8-14(11-13)24-3)22-16-10-5-4-9-15(16)21-17/h4-12H,1-3H3,(H,20,22). The maximum Gasteiger partial charge on any atom is 0.361 e. The molecule has 0 spiro atoms. The van der Waals surface area contributed by atoms with Crippen LogP contribution >= 0.6 is 0 Å². The Morgan fingerprint density at radius 1 is 1.04 bits per heavy atom. The monoisotopic (exact) mass is 337 g/mol. The number of nitrogens with one attached hydrogen (secondary N) is 1.